The van der Waals surface area contributed by atoms with Crippen molar-refractivity contribution in [3.05, 3.63) is 134 Å². The van der Waals surface area contributed by atoms with E-state index in [2.05, 4.69) is 227 Å². The fraction of sp³-hybridized carbons (Fsp3) is 0.464. The van der Waals surface area contributed by atoms with Crippen LogP contribution in [0.1, 0.15) is 203 Å². The molecule has 316 valence electrons. The van der Waals surface area contributed by atoms with Gasteiger partial charge in [-0.25, -0.2) is 0 Å². The van der Waals surface area contributed by atoms with Crippen LogP contribution in [0.5, 0.6) is 0 Å². The molecule has 0 radical (unpaired) electrons. The molecule has 2 atom stereocenters. The molecule has 7 rings (SSSR count). The van der Waals surface area contributed by atoms with Crippen LogP contribution in [0.3, 0.4) is 0 Å². The van der Waals surface area contributed by atoms with Crippen molar-refractivity contribution in [2.24, 2.45) is 0 Å². The minimum atomic E-state index is -0.0238. The molecular formula is C56H72N4. The molecule has 4 nitrogen and oxygen atoms in total. The van der Waals surface area contributed by atoms with Crippen LogP contribution in [0.25, 0.3) is 23.5 Å². The van der Waals surface area contributed by atoms with Crippen molar-refractivity contribution >= 4 is 29.9 Å². The number of benzene rings is 4. The predicted molar refractivity (Wildman–Crippen MR) is 255 cm³/mol. The lowest BCUT2D eigenvalue weighted by atomic mass is 9.89. The van der Waals surface area contributed by atoms with E-state index in [-0.39, 0.29) is 12.1 Å². The molecule has 0 saturated heterocycles. The van der Waals surface area contributed by atoms with Gasteiger partial charge >= 0.3 is 0 Å². The van der Waals surface area contributed by atoms with Gasteiger partial charge in [0.15, 0.2) is 0 Å². The number of nitrogens with zero attached hydrogens (tertiary/aromatic N) is 4. The van der Waals surface area contributed by atoms with E-state index in [1.54, 1.807) is 0 Å². The molecule has 1 aliphatic heterocycles. The highest BCUT2D eigenvalue weighted by Crippen LogP contribution is 2.43. The topological polar surface area (TPSA) is 15.1 Å². The minimum absolute atomic E-state index is 0.0238. The van der Waals surface area contributed by atoms with Gasteiger partial charge in [-0.1, -0.05) is 206 Å². The second-order valence-corrected chi connectivity index (χ2v) is 20.1. The molecule has 1 aromatic heterocycles. The van der Waals surface area contributed by atoms with Gasteiger partial charge in [-0.2, -0.15) is 0 Å². The van der Waals surface area contributed by atoms with E-state index in [0.717, 1.165) is 0 Å². The number of para-hydroxylation sites is 4. The highest BCUT2D eigenvalue weighted by atomic mass is 15.3. The first-order chi connectivity index (χ1) is 28.4. The number of anilines is 1. The van der Waals surface area contributed by atoms with Crippen LogP contribution in [0.4, 0.5) is 11.4 Å². The van der Waals surface area contributed by atoms with Gasteiger partial charge in [0.1, 0.15) is 12.1 Å². The summed E-state index contributed by atoms with van der Waals surface area (Å²) < 4.78 is 7.44. The zero-order valence-corrected chi connectivity index (χ0v) is 39.6. The highest BCUT2D eigenvalue weighted by Gasteiger charge is 2.42. The van der Waals surface area contributed by atoms with Crippen molar-refractivity contribution in [3.8, 4) is 11.4 Å². The number of fused-ring (bicyclic) bond motifs is 2. The standard InChI is InChI=1S/C56H72N4/c1-33(2)41-21-17-22-42(34(3)4)53(41)57-31-58(54-43(35(5)6)23-18-24-44(54)36(7)8)50-30-52-51(29-49(50)57)59(55-45(37(9)10)25-19-26-46(55)38(11)12)32-60(52)56-47(39(13)14)27-20-28-48(56)40(15)16/h17-30,33-40,49-50H,1-16H3. The van der Waals surface area contributed by atoms with Gasteiger partial charge < -0.3 is 9.48 Å². The molecule has 4 aromatic carbocycles. The lowest BCUT2D eigenvalue weighted by Crippen LogP contribution is -2.56. The highest BCUT2D eigenvalue weighted by molar-refractivity contribution is 5.87. The molecule has 1 aliphatic carbocycles. The fourth-order valence-electron chi connectivity index (χ4n) is 9.84. The van der Waals surface area contributed by atoms with Crippen LogP contribution in [0.15, 0.2) is 72.8 Å². The van der Waals surface area contributed by atoms with Crippen molar-refractivity contribution in [1.29, 1.82) is 0 Å². The lowest BCUT2D eigenvalue weighted by molar-refractivity contribution is -0.615. The van der Waals surface area contributed by atoms with Crippen molar-refractivity contribution in [2.45, 2.75) is 170 Å². The summed E-state index contributed by atoms with van der Waals surface area (Å²) in [5.41, 5.74) is 16.0. The van der Waals surface area contributed by atoms with Crippen molar-refractivity contribution in [2.75, 3.05) is 4.90 Å². The normalized spacial score (nSPS) is 16.5. The summed E-state index contributed by atoms with van der Waals surface area (Å²) in [4.78, 5) is 2.54. The van der Waals surface area contributed by atoms with Crippen LogP contribution in [0, 0.1) is 6.33 Å². The average molecular weight is 801 g/mol. The van der Waals surface area contributed by atoms with E-state index in [9.17, 15) is 0 Å². The van der Waals surface area contributed by atoms with E-state index in [0.29, 0.717) is 47.3 Å². The monoisotopic (exact) mass is 801 g/mol. The molecule has 2 heterocycles. The Labute approximate surface area is 363 Å². The first kappa shape index (κ1) is 43.4. The predicted octanol–water partition coefficient (Wildman–Crippen LogP) is 12.6. The summed E-state index contributed by atoms with van der Waals surface area (Å²) in [5, 5.41) is 2.39. The minimum Gasteiger partial charge on any atom is -0.327 e. The third-order valence-electron chi connectivity index (χ3n) is 13.1. The largest absolute Gasteiger partial charge is 0.327 e. The Kier molecular flexibility index (Phi) is 12.3. The maximum atomic E-state index is 4.18. The van der Waals surface area contributed by atoms with Crippen LogP contribution >= 0.6 is 0 Å². The molecule has 0 saturated carbocycles. The lowest BCUT2D eigenvalue weighted by Gasteiger charge is -2.32. The maximum Gasteiger partial charge on any atom is 0.269 e. The van der Waals surface area contributed by atoms with Crippen molar-refractivity contribution < 1.29 is 9.14 Å². The molecule has 60 heavy (non-hydrogen) atoms. The van der Waals surface area contributed by atoms with Gasteiger partial charge in [0.2, 0.25) is 6.34 Å². The molecule has 0 fully saturated rings. The fourth-order valence-corrected chi connectivity index (χ4v) is 9.84. The second-order valence-electron chi connectivity index (χ2n) is 20.1. The van der Waals surface area contributed by atoms with E-state index >= 15 is 0 Å². The zero-order chi connectivity index (χ0) is 43.5. The number of hydrogen-bond acceptors (Lipinski definition) is 1. The number of aromatic nitrogens is 2. The summed E-state index contributed by atoms with van der Waals surface area (Å²) in [5.74, 6) is 2.72. The van der Waals surface area contributed by atoms with Crippen LogP contribution in [-0.4, -0.2) is 27.6 Å². The molecule has 0 spiro atoms. The molecule has 2 unspecified atom stereocenters. The third kappa shape index (κ3) is 7.51. The molecule has 4 heteroatoms. The zero-order valence-electron chi connectivity index (χ0n) is 39.6. The summed E-state index contributed by atoms with van der Waals surface area (Å²) in [6.45, 7) is 37.4. The third-order valence-corrected chi connectivity index (χ3v) is 13.1. The van der Waals surface area contributed by atoms with Gasteiger partial charge in [0.25, 0.3) is 6.33 Å². The first-order valence-electron chi connectivity index (χ1n) is 23.1. The van der Waals surface area contributed by atoms with E-state index < -0.39 is 0 Å². The Morgan fingerprint density at radius 1 is 0.433 bits per heavy atom. The SMILES string of the molecule is CC(C)c1cccc(C(C)C)c1N1[C-]=[N+](c2c(C(C)C)cccc2C(C)C)C2C=c3c(n(-c4c(C(C)C)cccc4C(C)C)[c-][n+]3-c3c(C(C)C)cccc3C(C)C)=CC21. The Morgan fingerprint density at radius 3 is 1.17 bits per heavy atom. The molecule has 5 aromatic rings. The number of hydrogen-bond donors (Lipinski definition) is 0. The van der Waals surface area contributed by atoms with Gasteiger partial charge in [-0.3, -0.25) is 9.13 Å². The summed E-state index contributed by atoms with van der Waals surface area (Å²) in [6.07, 6.45) is 13.5. The Hall–Kier alpha value is -4.70. The quantitative estimate of drug-likeness (QED) is 0.0906. The van der Waals surface area contributed by atoms with E-state index in [1.165, 1.54) is 78.0 Å². The first-order valence-corrected chi connectivity index (χ1v) is 23.1. The molecule has 0 amide bonds. The van der Waals surface area contributed by atoms with Crippen LogP contribution in [-0.2, 0) is 0 Å². The van der Waals surface area contributed by atoms with Crippen molar-refractivity contribution in [3.63, 3.8) is 0 Å². The summed E-state index contributed by atoms with van der Waals surface area (Å²) in [7, 11) is 0. The number of rotatable bonds is 12. The summed E-state index contributed by atoms with van der Waals surface area (Å²) in [6, 6.07) is 27.7. The average Bonchev–Trinajstić information content (AvgIpc) is 3.76. The van der Waals surface area contributed by atoms with Gasteiger partial charge in [0.05, 0.1) is 22.1 Å². The summed E-state index contributed by atoms with van der Waals surface area (Å²) >= 11 is 0. The maximum absolute atomic E-state index is 4.18. The second kappa shape index (κ2) is 17.0. The molecule has 0 bridgehead atoms. The van der Waals surface area contributed by atoms with Crippen LogP contribution in [0.2, 0.25) is 0 Å². The Balaban J connectivity index is 1.69. The van der Waals surface area contributed by atoms with Gasteiger partial charge in [-0.15, -0.1) is 0 Å². The Bertz CT molecular complexity index is 2430. The van der Waals surface area contributed by atoms with E-state index in [4.69, 9.17) is 0 Å². The Morgan fingerprint density at radius 2 is 0.783 bits per heavy atom. The molecule has 2 aliphatic rings. The van der Waals surface area contributed by atoms with Gasteiger partial charge in [0, 0.05) is 11.4 Å². The van der Waals surface area contributed by atoms with Crippen molar-refractivity contribution in [1.82, 2.24) is 4.57 Å². The van der Waals surface area contributed by atoms with E-state index in [1.807, 2.05) is 0 Å². The number of imidazole rings is 1. The smallest absolute Gasteiger partial charge is 0.269 e. The van der Waals surface area contributed by atoms with Crippen LogP contribution < -0.4 is 20.2 Å². The molecular weight excluding hydrogens is 729 g/mol. The van der Waals surface area contributed by atoms with Gasteiger partial charge in [-0.05, 0) is 81.7 Å². The molecule has 0 N–H and O–H groups in total.